The number of hydrogen-bond donors (Lipinski definition) is 1. The van der Waals surface area contributed by atoms with Gasteiger partial charge in [0.05, 0.1) is 12.2 Å². The van der Waals surface area contributed by atoms with Crippen LogP contribution >= 0.6 is 31.9 Å². The number of nitrogens with zero attached hydrogens (tertiary/aromatic N) is 2. The van der Waals surface area contributed by atoms with Crippen LogP contribution in [0.2, 0.25) is 0 Å². The summed E-state index contributed by atoms with van der Waals surface area (Å²) in [5.41, 5.74) is 8.27. The third kappa shape index (κ3) is 2.36. The highest BCUT2D eigenvalue weighted by molar-refractivity contribution is 9.11. The molecule has 1 heterocycles. The monoisotopic (exact) mass is 359 g/mol. The maximum absolute atomic E-state index is 5.91. The standard InChI is InChI=1S/C12H15Br2N3/c1-7(2)8-3-4-9(13)11(10(8)14)17-6-5-16-12(17)15/h3-4,7H,5-6H2,1-2H3,(H2,15,16). The topological polar surface area (TPSA) is 41.6 Å². The molecule has 3 nitrogen and oxygen atoms in total. The minimum absolute atomic E-state index is 0.469. The van der Waals surface area contributed by atoms with Crippen molar-refractivity contribution < 1.29 is 0 Å². The highest BCUT2D eigenvalue weighted by Crippen LogP contribution is 2.39. The fourth-order valence-electron chi connectivity index (χ4n) is 1.94. The fourth-order valence-corrected chi connectivity index (χ4v) is 3.77. The highest BCUT2D eigenvalue weighted by Gasteiger charge is 2.22. The molecule has 17 heavy (non-hydrogen) atoms. The Balaban J connectivity index is 2.52. The maximum atomic E-state index is 5.91. The molecule has 0 atom stereocenters. The molecule has 1 aromatic carbocycles. The van der Waals surface area contributed by atoms with Crippen LogP contribution in [0.15, 0.2) is 26.1 Å². The number of nitrogens with two attached hydrogens (primary N) is 1. The summed E-state index contributed by atoms with van der Waals surface area (Å²) in [6.07, 6.45) is 0. The third-order valence-corrected chi connectivity index (χ3v) is 4.34. The molecule has 0 amide bonds. The van der Waals surface area contributed by atoms with Crippen LogP contribution in [0.1, 0.15) is 25.3 Å². The second kappa shape index (κ2) is 4.98. The predicted molar refractivity (Wildman–Crippen MR) is 79.8 cm³/mol. The molecule has 0 aromatic heterocycles. The summed E-state index contributed by atoms with van der Waals surface area (Å²) >= 11 is 7.27. The summed E-state index contributed by atoms with van der Waals surface area (Å²) < 4.78 is 2.13. The number of halogens is 2. The molecule has 0 spiro atoms. The largest absolute Gasteiger partial charge is 0.370 e. The average Bonchev–Trinajstić information content (AvgIpc) is 2.64. The number of rotatable bonds is 2. The molecule has 1 aliphatic rings. The summed E-state index contributed by atoms with van der Waals surface area (Å²) in [7, 11) is 0. The first-order valence-electron chi connectivity index (χ1n) is 5.57. The van der Waals surface area contributed by atoms with Crippen LogP contribution in [0.3, 0.4) is 0 Å². The molecular formula is C12H15Br2N3. The zero-order valence-electron chi connectivity index (χ0n) is 9.87. The molecule has 92 valence electrons. The van der Waals surface area contributed by atoms with E-state index >= 15 is 0 Å². The van der Waals surface area contributed by atoms with E-state index < -0.39 is 0 Å². The van der Waals surface area contributed by atoms with E-state index in [0.29, 0.717) is 11.9 Å². The molecule has 0 saturated carbocycles. The Labute approximate surface area is 118 Å². The molecule has 0 saturated heterocycles. The number of anilines is 1. The third-order valence-electron chi connectivity index (χ3n) is 2.86. The Morgan fingerprint density at radius 3 is 2.59 bits per heavy atom. The van der Waals surface area contributed by atoms with E-state index in [1.165, 1.54) is 5.56 Å². The van der Waals surface area contributed by atoms with Crippen molar-refractivity contribution in [3.05, 3.63) is 26.6 Å². The zero-order valence-corrected chi connectivity index (χ0v) is 13.0. The van der Waals surface area contributed by atoms with Gasteiger partial charge in [0.15, 0.2) is 5.96 Å². The summed E-state index contributed by atoms with van der Waals surface area (Å²) in [4.78, 5) is 6.27. The van der Waals surface area contributed by atoms with Gasteiger partial charge in [0.1, 0.15) is 0 Å². The van der Waals surface area contributed by atoms with Crippen molar-refractivity contribution in [3.8, 4) is 0 Å². The van der Waals surface area contributed by atoms with Crippen molar-refractivity contribution in [2.45, 2.75) is 19.8 Å². The Bertz CT molecular complexity index is 469. The molecule has 0 unspecified atom stereocenters. The van der Waals surface area contributed by atoms with Gasteiger partial charge < -0.3 is 10.6 Å². The number of benzene rings is 1. The lowest BCUT2D eigenvalue weighted by Gasteiger charge is -2.23. The molecule has 2 N–H and O–H groups in total. The van der Waals surface area contributed by atoms with E-state index in [1.54, 1.807) is 0 Å². The first kappa shape index (κ1) is 12.9. The molecule has 1 aliphatic heterocycles. The number of aliphatic imine (C=N–C) groups is 1. The molecule has 0 radical (unpaired) electrons. The van der Waals surface area contributed by atoms with Gasteiger partial charge in [0.25, 0.3) is 0 Å². The Morgan fingerprint density at radius 2 is 2.06 bits per heavy atom. The Hall–Kier alpha value is -0.550. The first-order chi connectivity index (χ1) is 8.02. The van der Waals surface area contributed by atoms with Crippen molar-refractivity contribution in [3.63, 3.8) is 0 Å². The zero-order chi connectivity index (χ0) is 12.6. The predicted octanol–water partition coefficient (Wildman–Crippen LogP) is 3.47. The average molecular weight is 361 g/mol. The lowest BCUT2D eigenvalue weighted by molar-refractivity contribution is 0.858. The number of hydrogen-bond acceptors (Lipinski definition) is 3. The van der Waals surface area contributed by atoms with Crippen LogP contribution in [0.4, 0.5) is 5.69 Å². The van der Waals surface area contributed by atoms with Crippen molar-refractivity contribution in [2.24, 2.45) is 10.7 Å². The van der Waals surface area contributed by atoms with E-state index in [4.69, 9.17) is 5.73 Å². The van der Waals surface area contributed by atoms with Crippen LogP contribution < -0.4 is 10.6 Å². The van der Waals surface area contributed by atoms with E-state index in [1.807, 2.05) is 4.90 Å². The van der Waals surface area contributed by atoms with Crippen molar-refractivity contribution >= 4 is 43.5 Å². The van der Waals surface area contributed by atoms with Gasteiger partial charge in [0, 0.05) is 15.5 Å². The van der Waals surface area contributed by atoms with Gasteiger partial charge in [0.2, 0.25) is 0 Å². The smallest absolute Gasteiger partial charge is 0.196 e. The van der Waals surface area contributed by atoms with Crippen LogP contribution in [-0.2, 0) is 0 Å². The van der Waals surface area contributed by atoms with E-state index in [-0.39, 0.29) is 0 Å². The van der Waals surface area contributed by atoms with Gasteiger partial charge in [-0.05, 0) is 49.4 Å². The second-order valence-electron chi connectivity index (χ2n) is 4.35. The molecule has 0 bridgehead atoms. The molecule has 0 fully saturated rings. The first-order valence-corrected chi connectivity index (χ1v) is 7.16. The van der Waals surface area contributed by atoms with Crippen molar-refractivity contribution in [1.82, 2.24) is 0 Å². The molecule has 0 aliphatic carbocycles. The number of guanidine groups is 1. The van der Waals surface area contributed by atoms with Gasteiger partial charge >= 0.3 is 0 Å². The quantitative estimate of drug-likeness (QED) is 0.877. The second-order valence-corrected chi connectivity index (χ2v) is 5.99. The SMILES string of the molecule is CC(C)c1ccc(Br)c(N2CCN=C2N)c1Br. The summed E-state index contributed by atoms with van der Waals surface area (Å²) in [6, 6.07) is 4.20. The fraction of sp³-hybridized carbons (Fsp3) is 0.417. The summed E-state index contributed by atoms with van der Waals surface area (Å²) in [5, 5.41) is 0. The summed E-state index contributed by atoms with van der Waals surface area (Å²) in [5.74, 6) is 1.06. The Kier molecular flexibility index (Phi) is 3.78. The van der Waals surface area contributed by atoms with Crippen LogP contribution in [0.25, 0.3) is 0 Å². The minimum Gasteiger partial charge on any atom is -0.370 e. The van der Waals surface area contributed by atoms with E-state index in [2.05, 4.69) is 62.8 Å². The summed E-state index contributed by atoms with van der Waals surface area (Å²) in [6.45, 7) is 5.96. The lowest BCUT2D eigenvalue weighted by Crippen LogP contribution is -2.34. The van der Waals surface area contributed by atoms with Gasteiger partial charge in [-0.2, -0.15) is 0 Å². The Morgan fingerprint density at radius 1 is 1.35 bits per heavy atom. The van der Waals surface area contributed by atoms with E-state index in [0.717, 1.165) is 27.7 Å². The van der Waals surface area contributed by atoms with Gasteiger partial charge in [-0.3, -0.25) is 4.99 Å². The van der Waals surface area contributed by atoms with Crippen LogP contribution in [0, 0.1) is 0 Å². The van der Waals surface area contributed by atoms with Gasteiger partial charge in [-0.1, -0.05) is 19.9 Å². The molecular weight excluding hydrogens is 346 g/mol. The molecule has 1 aromatic rings. The van der Waals surface area contributed by atoms with E-state index in [9.17, 15) is 0 Å². The van der Waals surface area contributed by atoms with Gasteiger partial charge in [-0.25, -0.2) is 0 Å². The normalized spacial score (nSPS) is 15.6. The van der Waals surface area contributed by atoms with Crippen molar-refractivity contribution in [1.29, 1.82) is 0 Å². The minimum atomic E-state index is 0.469. The highest BCUT2D eigenvalue weighted by atomic mass is 79.9. The van der Waals surface area contributed by atoms with Crippen molar-refractivity contribution in [2.75, 3.05) is 18.0 Å². The maximum Gasteiger partial charge on any atom is 0.196 e. The van der Waals surface area contributed by atoms with Crippen LogP contribution in [-0.4, -0.2) is 19.0 Å². The van der Waals surface area contributed by atoms with Crippen LogP contribution in [0.5, 0.6) is 0 Å². The van der Waals surface area contributed by atoms with Gasteiger partial charge in [-0.15, -0.1) is 0 Å². The molecule has 5 heteroatoms. The molecule has 2 rings (SSSR count). The lowest BCUT2D eigenvalue weighted by atomic mass is 10.0.